The highest BCUT2D eigenvalue weighted by Crippen LogP contribution is 2.31. The second kappa shape index (κ2) is 6.28. The molecule has 0 bridgehead atoms. The second-order valence-corrected chi connectivity index (χ2v) is 5.25. The van der Waals surface area contributed by atoms with Crippen LogP contribution in [0.15, 0.2) is 24.3 Å². The van der Waals surface area contributed by atoms with Gasteiger partial charge in [0.1, 0.15) is 0 Å². The van der Waals surface area contributed by atoms with E-state index in [1.54, 1.807) is 0 Å². The molecule has 1 atom stereocenters. The third kappa shape index (κ3) is 3.00. The Bertz CT molecular complexity index is 327. The predicted molar refractivity (Wildman–Crippen MR) is 71.6 cm³/mol. The largest absolute Gasteiger partial charge is 0.330 e. The van der Waals surface area contributed by atoms with Gasteiger partial charge in [-0.1, -0.05) is 24.3 Å². The fourth-order valence-corrected chi connectivity index (χ4v) is 3.23. The number of thioether (sulfide) groups is 1. The summed E-state index contributed by atoms with van der Waals surface area (Å²) in [6.45, 7) is 1.88. The standard InChI is InChI=1S/C13H20N2S/c14-7-3-4-8-15-13-10-16-9-11-5-1-2-6-12(11)13/h1-2,5-6,13,15H,3-4,7-10,14H2. The monoisotopic (exact) mass is 236 g/mol. The summed E-state index contributed by atoms with van der Waals surface area (Å²) in [5, 5.41) is 3.64. The quantitative estimate of drug-likeness (QED) is 0.770. The number of hydrogen-bond donors (Lipinski definition) is 2. The van der Waals surface area contributed by atoms with Gasteiger partial charge in [0.2, 0.25) is 0 Å². The van der Waals surface area contributed by atoms with E-state index in [0.29, 0.717) is 6.04 Å². The Balaban J connectivity index is 1.91. The summed E-state index contributed by atoms with van der Waals surface area (Å²) in [7, 11) is 0. The summed E-state index contributed by atoms with van der Waals surface area (Å²) in [6.07, 6.45) is 2.30. The summed E-state index contributed by atoms with van der Waals surface area (Å²) in [6, 6.07) is 9.32. The summed E-state index contributed by atoms with van der Waals surface area (Å²) < 4.78 is 0. The van der Waals surface area contributed by atoms with Gasteiger partial charge >= 0.3 is 0 Å². The van der Waals surface area contributed by atoms with Gasteiger partial charge in [-0.3, -0.25) is 0 Å². The molecule has 1 aliphatic heterocycles. The Hall–Kier alpha value is -0.510. The Kier molecular flexibility index (Phi) is 4.69. The third-order valence-corrected chi connectivity index (χ3v) is 4.08. The van der Waals surface area contributed by atoms with Crippen LogP contribution in [-0.2, 0) is 5.75 Å². The van der Waals surface area contributed by atoms with Gasteiger partial charge < -0.3 is 11.1 Å². The minimum atomic E-state index is 0.535. The molecule has 3 heteroatoms. The molecule has 0 spiro atoms. The van der Waals surface area contributed by atoms with Gasteiger partial charge in [-0.05, 0) is 37.1 Å². The van der Waals surface area contributed by atoms with E-state index in [2.05, 4.69) is 29.6 Å². The van der Waals surface area contributed by atoms with Crippen molar-refractivity contribution in [1.82, 2.24) is 5.32 Å². The molecule has 1 unspecified atom stereocenters. The minimum Gasteiger partial charge on any atom is -0.330 e. The zero-order valence-electron chi connectivity index (χ0n) is 9.61. The molecule has 0 aliphatic carbocycles. The lowest BCUT2D eigenvalue weighted by Gasteiger charge is -2.26. The van der Waals surface area contributed by atoms with E-state index in [0.717, 1.165) is 25.3 Å². The van der Waals surface area contributed by atoms with Crippen LogP contribution < -0.4 is 11.1 Å². The number of hydrogen-bond acceptors (Lipinski definition) is 3. The van der Waals surface area contributed by atoms with Crippen molar-refractivity contribution in [3.63, 3.8) is 0 Å². The first kappa shape index (κ1) is 12.0. The van der Waals surface area contributed by atoms with E-state index in [9.17, 15) is 0 Å². The fourth-order valence-electron chi connectivity index (χ4n) is 2.10. The summed E-state index contributed by atoms with van der Waals surface area (Å²) in [5.74, 6) is 2.36. The van der Waals surface area contributed by atoms with Crippen LogP contribution in [0.1, 0.15) is 30.0 Å². The van der Waals surface area contributed by atoms with Crippen molar-refractivity contribution >= 4 is 11.8 Å². The SMILES string of the molecule is NCCCCNC1CSCc2ccccc21. The molecule has 0 saturated heterocycles. The average molecular weight is 236 g/mol. The topological polar surface area (TPSA) is 38.0 Å². The highest BCUT2D eigenvalue weighted by molar-refractivity contribution is 7.98. The van der Waals surface area contributed by atoms with Crippen LogP contribution in [0.25, 0.3) is 0 Å². The molecule has 1 aromatic rings. The number of nitrogens with two attached hydrogens (primary N) is 1. The zero-order valence-corrected chi connectivity index (χ0v) is 10.4. The lowest BCUT2D eigenvalue weighted by molar-refractivity contribution is 0.549. The first-order valence-electron chi connectivity index (χ1n) is 6.01. The molecule has 2 rings (SSSR count). The second-order valence-electron chi connectivity index (χ2n) is 4.22. The van der Waals surface area contributed by atoms with Crippen molar-refractivity contribution in [1.29, 1.82) is 0 Å². The Labute approximate surface area is 102 Å². The molecule has 88 valence electrons. The number of unbranched alkanes of at least 4 members (excludes halogenated alkanes) is 1. The average Bonchev–Trinajstić information content (AvgIpc) is 2.35. The van der Waals surface area contributed by atoms with Gasteiger partial charge in [-0.15, -0.1) is 0 Å². The van der Waals surface area contributed by atoms with E-state index in [-0.39, 0.29) is 0 Å². The maximum Gasteiger partial charge on any atom is 0.0415 e. The van der Waals surface area contributed by atoms with E-state index >= 15 is 0 Å². The van der Waals surface area contributed by atoms with Crippen LogP contribution in [0.4, 0.5) is 0 Å². The first-order valence-corrected chi connectivity index (χ1v) is 7.16. The molecule has 0 saturated carbocycles. The molecule has 0 amide bonds. The molecule has 1 aliphatic rings. The van der Waals surface area contributed by atoms with E-state index in [4.69, 9.17) is 5.73 Å². The Morgan fingerprint density at radius 2 is 2.19 bits per heavy atom. The van der Waals surface area contributed by atoms with Crippen LogP contribution >= 0.6 is 11.8 Å². The molecule has 0 radical (unpaired) electrons. The lowest BCUT2D eigenvalue weighted by Crippen LogP contribution is -2.27. The molecule has 1 heterocycles. The smallest absolute Gasteiger partial charge is 0.0415 e. The maximum atomic E-state index is 5.49. The minimum absolute atomic E-state index is 0.535. The van der Waals surface area contributed by atoms with Gasteiger partial charge in [-0.25, -0.2) is 0 Å². The number of benzene rings is 1. The Morgan fingerprint density at radius 3 is 3.06 bits per heavy atom. The predicted octanol–water partition coefficient (Wildman–Crippen LogP) is 2.30. The first-order chi connectivity index (χ1) is 7.92. The van der Waals surface area contributed by atoms with Gasteiger partial charge in [0.25, 0.3) is 0 Å². The summed E-state index contributed by atoms with van der Waals surface area (Å²) in [5.41, 5.74) is 8.48. The molecule has 1 aromatic carbocycles. The van der Waals surface area contributed by atoms with Crippen LogP contribution in [-0.4, -0.2) is 18.8 Å². The molecule has 2 nitrogen and oxygen atoms in total. The molecule has 3 N–H and O–H groups in total. The van der Waals surface area contributed by atoms with E-state index in [1.807, 2.05) is 11.8 Å². The highest BCUT2D eigenvalue weighted by Gasteiger charge is 2.18. The molecule has 16 heavy (non-hydrogen) atoms. The van der Waals surface area contributed by atoms with Crippen LogP contribution in [0.2, 0.25) is 0 Å². The molecule has 0 fully saturated rings. The van der Waals surface area contributed by atoms with Crippen molar-refractivity contribution in [2.75, 3.05) is 18.8 Å². The van der Waals surface area contributed by atoms with Crippen LogP contribution in [0.5, 0.6) is 0 Å². The van der Waals surface area contributed by atoms with Gasteiger partial charge in [-0.2, -0.15) is 11.8 Å². The van der Waals surface area contributed by atoms with Crippen LogP contribution in [0, 0.1) is 0 Å². The van der Waals surface area contributed by atoms with Crippen molar-refractivity contribution in [3.8, 4) is 0 Å². The van der Waals surface area contributed by atoms with E-state index < -0.39 is 0 Å². The number of rotatable bonds is 5. The lowest BCUT2D eigenvalue weighted by atomic mass is 10.0. The summed E-state index contributed by atoms with van der Waals surface area (Å²) in [4.78, 5) is 0. The van der Waals surface area contributed by atoms with Gasteiger partial charge in [0.15, 0.2) is 0 Å². The Morgan fingerprint density at radius 1 is 1.31 bits per heavy atom. The normalized spacial score (nSPS) is 19.4. The van der Waals surface area contributed by atoms with E-state index in [1.165, 1.54) is 23.3 Å². The third-order valence-electron chi connectivity index (χ3n) is 2.99. The van der Waals surface area contributed by atoms with Crippen LogP contribution in [0.3, 0.4) is 0 Å². The fraction of sp³-hybridized carbons (Fsp3) is 0.538. The number of fused-ring (bicyclic) bond motifs is 1. The number of nitrogens with one attached hydrogen (secondary N) is 1. The van der Waals surface area contributed by atoms with Crippen molar-refractivity contribution in [2.24, 2.45) is 5.73 Å². The molecular weight excluding hydrogens is 216 g/mol. The highest BCUT2D eigenvalue weighted by atomic mass is 32.2. The molecular formula is C13H20N2S. The zero-order chi connectivity index (χ0) is 11.2. The maximum absolute atomic E-state index is 5.49. The van der Waals surface area contributed by atoms with Crippen molar-refractivity contribution in [2.45, 2.75) is 24.6 Å². The van der Waals surface area contributed by atoms with Crippen molar-refractivity contribution in [3.05, 3.63) is 35.4 Å². The summed E-state index contributed by atoms with van der Waals surface area (Å²) >= 11 is 2.02. The molecule has 0 aromatic heterocycles. The van der Waals surface area contributed by atoms with Crippen molar-refractivity contribution < 1.29 is 0 Å². The van der Waals surface area contributed by atoms with Gasteiger partial charge in [0, 0.05) is 17.5 Å². The van der Waals surface area contributed by atoms with Gasteiger partial charge in [0.05, 0.1) is 0 Å².